The molecule has 1 aromatic heterocycles. The van der Waals surface area contributed by atoms with Gasteiger partial charge < -0.3 is 4.57 Å². The molecule has 3 rings (SSSR count). The fourth-order valence-electron chi connectivity index (χ4n) is 2.41. The SMILES string of the molecule is C=CCn1c(CSc2ccc(C)cc2)nnc1SCc1ccc(Cl)cc1Cl. The first-order valence-electron chi connectivity index (χ1n) is 8.36. The van der Waals surface area contributed by atoms with Crippen LogP contribution in [0.4, 0.5) is 0 Å². The Balaban J connectivity index is 1.70. The number of halogens is 2. The highest BCUT2D eigenvalue weighted by Crippen LogP contribution is 2.29. The van der Waals surface area contributed by atoms with Crippen LogP contribution in [0.5, 0.6) is 0 Å². The molecular formula is C20H19Cl2N3S2. The highest BCUT2D eigenvalue weighted by Gasteiger charge is 2.13. The predicted molar refractivity (Wildman–Crippen MR) is 117 cm³/mol. The van der Waals surface area contributed by atoms with Gasteiger partial charge in [-0.1, -0.05) is 64.8 Å². The molecule has 1 heterocycles. The summed E-state index contributed by atoms with van der Waals surface area (Å²) < 4.78 is 2.10. The summed E-state index contributed by atoms with van der Waals surface area (Å²) in [5.41, 5.74) is 2.28. The first-order chi connectivity index (χ1) is 13.1. The highest BCUT2D eigenvalue weighted by atomic mass is 35.5. The van der Waals surface area contributed by atoms with Crippen molar-refractivity contribution in [3.63, 3.8) is 0 Å². The van der Waals surface area contributed by atoms with E-state index in [-0.39, 0.29) is 0 Å². The number of aryl methyl sites for hydroxylation is 1. The summed E-state index contributed by atoms with van der Waals surface area (Å²) in [6, 6.07) is 14.1. The van der Waals surface area contributed by atoms with Gasteiger partial charge in [0.15, 0.2) is 5.16 Å². The van der Waals surface area contributed by atoms with Crippen LogP contribution in [-0.2, 0) is 18.1 Å². The zero-order chi connectivity index (χ0) is 19.2. The minimum Gasteiger partial charge on any atom is -0.301 e. The van der Waals surface area contributed by atoms with Gasteiger partial charge in [0.05, 0.1) is 5.75 Å². The second kappa shape index (κ2) is 9.69. The van der Waals surface area contributed by atoms with Gasteiger partial charge in [-0.25, -0.2) is 0 Å². The van der Waals surface area contributed by atoms with Gasteiger partial charge in [-0.15, -0.1) is 28.5 Å². The third-order valence-corrected chi connectivity index (χ3v) is 6.48. The molecule has 0 spiro atoms. The Labute approximate surface area is 178 Å². The van der Waals surface area contributed by atoms with Gasteiger partial charge in [0.25, 0.3) is 0 Å². The molecule has 0 aliphatic carbocycles. The molecule has 3 aromatic rings. The number of allylic oxidation sites excluding steroid dienone is 1. The number of hydrogen-bond acceptors (Lipinski definition) is 4. The van der Waals surface area contributed by atoms with Gasteiger partial charge in [0.2, 0.25) is 0 Å². The molecule has 0 aliphatic rings. The largest absolute Gasteiger partial charge is 0.301 e. The number of nitrogens with zero attached hydrogens (tertiary/aromatic N) is 3. The smallest absolute Gasteiger partial charge is 0.191 e. The van der Waals surface area contributed by atoms with Crippen molar-refractivity contribution in [2.24, 2.45) is 0 Å². The van der Waals surface area contributed by atoms with Crippen molar-refractivity contribution >= 4 is 46.7 Å². The summed E-state index contributed by atoms with van der Waals surface area (Å²) in [6.45, 7) is 6.62. The molecule has 7 heteroatoms. The number of benzene rings is 2. The summed E-state index contributed by atoms with van der Waals surface area (Å²) in [7, 11) is 0. The number of rotatable bonds is 8. The molecule has 0 atom stereocenters. The topological polar surface area (TPSA) is 30.7 Å². The minimum atomic E-state index is 0.638. The van der Waals surface area contributed by atoms with E-state index < -0.39 is 0 Å². The standard InChI is InChI=1S/C20H19Cl2N3S2/c1-3-10-25-19(13-26-17-8-4-14(2)5-9-17)23-24-20(25)27-12-15-6-7-16(21)11-18(15)22/h3-9,11H,1,10,12-13H2,2H3. The minimum absolute atomic E-state index is 0.638. The van der Waals surface area contributed by atoms with Crippen LogP contribution in [0.1, 0.15) is 17.0 Å². The molecule has 0 saturated heterocycles. The van der Waals surface area contributed by atoms with Crippen molar-refractivity contribution in [1.29, 1.82) is 0 Å². The van der Waals surface area contributed by atoms with Crippen LogP contribution in [0.15, 0.2) is 65.2 Å². The molecule has 27 heavy (non-hydrogen) atoms. The van der Waals surface area contributed by atoms with E-state index in [1.165, 1.54) is 10.5 Å². The summed E-state index contributed by atoms with van der Waals surface area (Å²) >= 11 is 15.6. The van der Waals surface area contributed by atoms with Gasteiger partial charge in [-0.3, -0.25) is 0 Å². The van der Waals surface area contributed by atoms with Gasteiger partial charge in [-0.2, -0.15) is 0 Å². The molecule has 0 fully saturated rings. The van der Waals surface area contributed by atoms with E-state index in [1.54, 1.807) is 29.6 Å². The lowest BCUT2D eigenvalue weighted by molar-refractivity contribution is 0.700. The van der Waals surface area contributed by atoms with E-state index in [4.69, 9.17) is 23.2 Å². The van der Waals surface area contributed by atoms with E-state index in [9.17, 15) is 0 Å². The second-order valence-electron chi connectivity index (χ2n) is 5.92. The maximum atomic E-state index is 6.27. The molecule has 3 nitrogen and oxygen atoms in total. The van der Waals surface area contributed by atoms with Gasteiger partial charge in [0.1, 0.15) is 5.82 Å². The highest BCUT2D eigenvalue weighted by molar-refractivity contribution is 7.98. The summed E-state index contributed by atoms with van der Waals surface area (Å²) in [5, 5.41) is 10.9. The lowest BCUT2D eigenvalue weighted by Crippen LogP contribution is -2.03. The Morgan fingerprint density at radius 1 is 1.04 bits per heavy atom. The third kappa shape index (κ3) is 5.55. The van der Waals surface area contributed by atoms with Gasteiger partial charge in [0, 0.05) is 27.2 Å². The Kier molecular flexibility index (Phi) is 7.30. The Bertz CT molecular complexity index is 923. The monoisotopic (exact) mass is 435 g/mol. The maximum absolute atomic E-state index is 6.27. The normalized spacial score (nSPS) is 10.9. The quantitative estimate of drug-likeness (QED) is 0.292. The number of thioether (sulfide) groups is 2. The fraction of sp³-hybridized carbons (Fsp3) is 0.200. The molecule has 0 saturated carbocycles. The average molecular weight is 436 g/mol. The van der Waals surface area contributed by atoms with E-state index in [0.717, 1.165) is 22.3 Å². The van der Waals surface area contributed by atoms with Crippen molar-refractivity contribution < 1.29 is 0 Å². The molecular weight excluding hydrogens is 417 g/mol. The summed E-state index contributed by atoms with van der Waals surface area (Å²) in [5.74, 6) is 2.40. The zero-order valence-corrected chi connectivity index (χ0v) is 18.0. The van der Waals surface area contributed by atoms with Gasteiger partial charge >= 0.3 is 0 Å². The van der Waals surface area contributed by atoms with Gasteiger partial charge in [-0.05, 0) is 36.8 Å². The van der Waals surface area contributed by atoms with Crippen molar-refractivity contribution in [2.45, 2.75) is 35.0 Å². The van der Waals surface area contributed by atoms with Crippen LogP contribution in [0.3, 0.4) is 0 Å². The average Bonchev–Trinajstić information content (AvgIpc) is 3.03. The van der Waals surface area contributed by atoms with Crippen LogP contribution >= 0.6 is 46.7 Å². The van der Waals surface area contributed by atoms with Crippen molar-refractivity contribution in [3.8, 4) is 0 Å². The van der Waals surface area contributed by atoms with Crippen molar-refractivity contribution in [2.75, 3.05) is 0 Å². The van der Waals surface area contributed by atoms with Crippen LogP contribution in [0.2, 0.25) is 10.0 Å². The van der Waals surface area contributed by atoms with E-state index in [0.29, 0.717) is 22.3 Å². The lowest BCUT2D eigenvalue weighted by atomic mass is 10.2. The van der Waals surface area contributed by atoms with Crippen molar-refractivity contribution in [3.05, 3.63) is 82.1 Å². The molecule has 0 unspecified atom stereocenters. The Hall–Kier alpha value is -1.40. The van der Waals surface area contributed by atoms with E-state index in [2.05, 4.69) is 52.5 Å². The predicted octanol–water partition coefficient (Wildman–Crippen LogP) is 6.66. The van der Waals surface area contributed by atoms with E-state index in [1.807, 2.05) is 18.2 Å². The van der Waals surface area contributed by atoms with Crippen LogP contribution in [0, 0.1) is 6.92 Å². The lowest BCUT2D eigenvalue weighted by Gasteiger charge is -2.08. The molecule has 0 bridgehead atoms. The van der Waals surface area contributed by atoms with Crippen LogP contribution < -0.4 is 0 Å². The molecule has 0 radical (unpaired) electrons. The molecule has 0 N–H and O–H groups in total. The van der Waals surface area contributed by atoms with Crippen molar-refractivity contribution in [1.82, 2.24) is 14.8 Å². The third-order valence-electron chi connectivity index (χ3n) is 3.87. The molecule has 0 aliphatic heterocycles. The first-order valence-corrected chi connectivity index (χ1v) is 11.1. The van der Waals surface area contributed by atoms with Crippen LogP contribution in [-0.4, -0.2) is 14.8 Å². The Morgan fingerprint density at radius 3 is 2.52 bits per heavy atom. The fourth-order valence-corrected chi connectivity index (χ4v) is 4.77. The Morgan fingerprint density at radius 2 is 1.81 bits per heavy atom. The first kappa shape index (κ1) is 20.3. The van der Waals surface area contributed by atoms with Crippen LogP contribution in [0.25, 0.3) is 0 Å². The summed E-state index contributed by atoms with van der Waals surface area (Å²) in [6.07, 6.45) is 1.86. The maximum Gasteiger partial charge on any atom is 0.191 e. The number of aromatic nitrogens is 3. The zero-order valence-electron chi connectivity index (χ0n) is 14.9. The molecule has 140 valence electrons. The molecule has 0 amide bonds. The van der Waals surface area contributed by atoms with E-state index >= 15 is 0 Å². The number of hydrogen-bond donors (Lipinski definition) is 0. The summed E-state index contributed by atoms with van der Waals surface area (Å²) in [4.78, 5) is 1.22. The second-order valence-corrected chi connectivity index (χ2v) is 8.76. The molecule has 2 aromatic carbocycles.